The first kappa shape index (κ1) is 21.2. The minimum absolute atomic E-state index is 0. The van der Waals surface area contributed by atoms with Gasteiger partial charge in [-0.15, -0.1) is 0 Å². The first-order valence-electron chi connectivity index (χ1n) is 10.8. The largest absolute Gasteiger partial charge is 0.370 e. The van der Waals surface area contributed by atoms with Crippen molar-refractivity contribution in [3.63, 3.8) is 0 Å². The average molecular weight is 394 g/mol. The third-order valence-electron chi connectivity index (χ3n) is 5.70. The van der Waals surface area contributed by atoms with Crippen molar-refractivity contribution in [1.29, 1.82) is 0 Å². The molecule has 0 aliphatic heterocycles. The standard InChI is InChI=1S/C22H27N5.C2H6.H2/c1-27(2)20-7-3-16(4-8-20)13-25-22-12-19-11-17(5-6-18(19)14-26-22)21-15-23-9-10-24-21;1-2;/h5-6,9-12,14-16,20H,3-4,7-8,13H2,1-2H3,(H,25,26);1-2H3;1H. The molecule has 0 amide bonds. The summed E-state index contributed by atoms with van der Waals surface area (Å²) >= 11 is 0. The normalized spacial score (nSPS) is 18.9. The lowest BCUT2D eigenvalue weighted by molar-refractivity contribution is 0.198. The topological polar surface area (TPSA) is 53.9 Å². The number of fused-ring (bicyclic) bond motifs is 1. The van der Waals surface area contributed by atoms with Crippen molar-refractivity contribution >= 4 is 16.6 Å². The Morgan fingerprint density at radius 2 is 1.76 bits per heavy atom. The van der Waals surface area contributed by atoms with Gasteiger partial charge in [-0.05, 0) is 63.2 Å². The maximum atomic E-state index is 4.59. The maximum Gasteiger partial charge on any atom is 0.126 e. The van der Waals surface area contributed by atoms with Gasteiger partial charge in [-0.2, -0.15) is 0 Å². The number of hydrogen-bond acceptors (Lipinski definition) is 5. The fourth-order valence-corrected chi connectivity index (χ4v) is 3.96. The van der Waals surface area contributed by atoms with Crippen LogP contribution in [-0.4, -0.2) is 46.5 Å². The molecule has 0 unspecified atom stereocenters. The summed E-state index contributed by atoms with van der Waals surface area (Å²) in [6.45, 7) is 5.00. The summed E-state index contributed by atoms with van der Waals surface area (Å²) in [7, 11) is 4.38. The Morgan fingerprint density at radius 3 is 2.45 bits per heavy atom. The molecule has 156 valence electrons. The lowest BCUT2D eigenvalue weighted by Crippen LogP contribution is -2.33. The van der Waals surface area contributed by atoms with Gasteiger partial charge in [0, 0.05) is 43.6 Å². The van der Waals surface area contributed by atoms with E-state index < -0.39 is 0 Å². The lowest BCUT2D eigenvalue weighted by Gasteiger charge is -2.32. The molecule has 1 aliphatic carbocycles. The summed E-state index contributed by atoms with van der Waals surface area (Å²) in [5.41, 5.74) is 1.97. The van der Waals surface area contributed by atoms with Crippen molar-refractivity contribution in [2.24, 2.45) is 5.92 Å². The summed E-state index contributed by atoms with van der Waals surface area (Å²) < 4.78 is 0. The number of hydrogen-bond donors (Lipinski definition) is 1. The minimum atomic E-state index is 0. The molecule has 0 radical (unpaired) electrons. The maximum absolute atomic E-state index is 4.59. The van der Waals surface area contributed by atoms with Gasteiger partial charge in [-0.25, -0.2) is 4.98 Å². The smallest absolute Gasteiger partial charge is 0.126 e. The van der Waals surface area contributed by atoms with Gasteiger partial charge < -0.3 is 10.2 Å². The molecule has 0 bridgehead atoms. The Kier molecular flexibility index (Phi) is 7.53. The zero-order valence-electron chi connectivity index (χ0n) is 18.1. The van der Waals surface area contributed by atoms with Crippen molar-refractivity contribution in [2.45, 2.75) is 45.6 Å². The van der Waals surface area contributed by atoms with E-state index in [4.69, 9.17) is 0 Å². The highest BCUT2D eigenvalue weighted by Crippen LogP contribution is 2.27. The van der Waals surface area contributed by atoms with Crippen LogP contribution in [0.3, 0.4) is 0 Å². The second-order valence-corrected chi connectivity index (χ2v) is 7.74. The Balaban J connectivity index is 0.00000104. The van der Waals surface area contributed by atoms with Gasteiger partial charge in [0.05, 0.1) is 11.9 Å². The lowest BCUT2D eigenvalue weighted by atomic mass is 9.85. The monoisotopic (exact) mass is 393 g/mol. The van der Waals surface area contributed by atoms with Crippen LogP contribution >= 0.6 is 0 Å². The number of anilines is 1. The molecule has 5 nitrogen and oxygen atoms in total. The predicted octanol–water partition coefficient (Wildman–Crippen LogP) is 5.50. The van der Waals surface area contributed by atoms with Crippen molar-refractivity contribution in [3.8, 4) is 11.3 Å². The molecule has 2 aromatic heterocycles. The number of benzene rings is 1. The van der Waals surface area contributed by atoms with Crippen LogP contribution in [0.15, 0.2) is 49.1 Å². The molecule has 0 saturated heterocycles. The van der Waals surface area contributed by atoms with Gasteiger partial charge >= 0.3 is 0 Å². The third kappa shape index (κ3) is 5.51. The van der Waals surface area contributed by atoms with Crippen LogP contribution in [0.1, 0.15) is 41.0 Å². The zero-order valence-corrected chi connectivity index (χ0v) is 18.1. The minimum Gasteiger partial charge on any atom is -0.370 e. The first-order chi connectivity index (χ1) is 14.2. The summed E-state index contributed by atoms with van der Waals surface area (Å²) in [4.78, 5) is 15.5. The molecule has 0 spiro atoms. The van der Waals surface area contributed by atoms with Gasteiger partial charge in [0.2, 0.25) is 0 Å². The fourth-order valence-electron chi connectivity index (χ4n) is 3.96. The van der Waals surface area contributed by atoms with Crippen LogP contribution in [0.2, 0.25) is 0 Å². The van der Waals surface area contributed by atoms with E-state index in [1.54, 1.807) is 18.6 Å². The molecular weight excluding hydrogens is 358 g/mol. The van der Waals surface area contributed by atoms with E-state index >= 15 is 0 Å². The molecule has 2 heterocycles. The van der Waals surface area contributed by atoms with Gasteiger partial charge in [0.25, 0.3) is 0 Å². The molecule has 5 heteroatoms. The number of rotatable bonds is 5. The van der Waals surface area contributed by atoms with Crippen LogP contribution in [0.5, 0.6) is 0 Å². The van der Waals surface area contributed by atoms with Crippen LogP contribution < -0.4 is 5.32 Å². The summed E-state index contributed by atoms with van der Waals surface area (Å²) in [6, 6.07) is 9.22. The molecule has 4 rings (SSSR count). The van der Waals surface area contributed by atoms with Crippen LogP contribution in [0, 0.1) is 5.92 Å². The third-order valence-corrected chi connectivity index (χ3v) is 5.70. The summed E-state index contributed by atoms with van der Waals surface area (Å²) in [5, 5.41) is 5.87. The van der Waals surface area contributed by atoms with E-state index in [0.29, 0.717) is 0 Å². The van der Waals surface area contributed by atoms with E-state index in [1.165, 1.54) is 31.1 Å². The number of pyridine rings is 1. The summed E-state index contributed by atoms with van der Waals surface area (Å²) in [6.07, 6.45) is 12.3. The van der Waals surface area contributed by atoms with Crippen LogP contribution in [-0.2, 0) is 0 Å². The van der Waals surface area contributed by atoms with Crippen LogP contribution in [0.4, 0.5) is 5.82 Å². The van der Waals surface area contributed by atoms with E-state index in [1.807, 2.05) is 20.0 Å². The predicted molar refractivity (Wildman–Crippen MR) is 124 cm³/mol. The Bertz CT molecular complexity index is 892. The van der Waals surface area contributed by atoms with E-state index in [2.05, 4.69) is 63.5 Å². The van der Waals surface area contributed by atoms with Crippen LogP contribution in [0.25, 0.3) is 22.0 Å². The van der Waals surface area contributed by atoms with E-state index in [-0.39, 0.29) is 1.43 Å². The van der Waals surface area contributed by atoms with Gasteiger partial charge in [-0.3, -0.25) is 9.97 Å². The van der Waals surface area contributed by atoms with Crippen molar-refractivity contribution < 1.29 is 1.43 Å². The van der Waals surface area contributed by atoms with Gasteiger partial charge in [0.1, 0.15) is 5.82 Å². The SMILES string of the molecule is CC.CN(C)C1CCC(CNc2cc3cc(-c4cnccn4)ccc3cn2)CC1.[HH]. The Morgan fingerprint density at radius 1 is 0.966 bits per heavy atom. The Hall–Kier alpha value is -2.53. The highest BCUT2D eigenvalue weighted by Gasteiger charge is 2.22. The number of nitrogens with zero attached hydrogens (tertiary/aromatic N) is 4. The second kappa shape index (κ2) is 10.3. The van der Waals surface area contributed by atoms with Gasteiger partial charge in [0.15, 0.2) is 0 Å². The van der Waals surface area contributed by atoms with Crippen molar-refractivity contribution in [2.75, 3.05) is 26.0 Å². The summed E-state index contributed by atoms with van der Waals surface area (Å²) in [5.74, 6) is 1.69. The molecule has 1 aromatic carbocycles. The number of nitrogens with one attached hydrogen (secondary N) is 1. The van der Waals surface area contributed by atoms with Crippen molar-refractivity contribution in [3.05, 3.63) is 49.1 Å². The molecule has 3 aromatic rings. The van der Waals surface area contributed by atoms with E-state index in [0.717, 1.165) is 41.0 Å². The van der Waals surface area contributed by atoms with Gasteiger partial charge in [-0.1, -0.05) is 26.0 Å². The zero-order chi connectivity index (χ0) is 20.6. The molecule has 1 aliphatic rings. The Labute approximate surface area is 176 Å². The highest BCUT2D eigenvalue weighted by molar-refractivity contribution is 5.87. The number of aromatic nitrogens is 3. The second-order valence-electron chi connectivity index (χ2n) is 7.74. The average Bonchev–Trinajstić information content (AvgIpc) is 2.79. The van der Waals surface area contributed by atoms with E-state index in [9.17, 15) is 0 Å². The molecule has 1 fully saturated rings. The molecular formula is C24H35N5. The molecule has 29 heavy (non-hydrogen) atoms. The fraction of sp³-hybridized carbons (Fsp3) is 0.458. The molecule has 1 saturated carbocycles. The molecule has 0 atom stereocenters. The first-order valence-corrected chi connectivity index (χ1v) is 10.8. The molecule has 1 N–H and O–H groups in total. The quantitative estimate of drug-likeness (QED) is 0.620. The highest BCUT2D eigenvalue weighted by atomic mass is 15.1. The van der Waals surface area contributed by atoms with Crippen molar-refractivity contribution in [1.82, 2.24) is 19.9 Å².